The summed E-state index contributed by atoms with van der Waals surface area (Å²) in [4.78, 5) is 24.1. The Kier molecular flexibility index (Phi) is 4.57. The largest absolute Gasteiger partial charge is 0.480 e. The molecule has 1 unspecified atom stereocenters. The topological polar surface area (TPSA) is 108 Å². The first kappa shape index (κ1) is 14.3. The number of amides is 2. The Morgan fingerprint density at radius 3 is 2.90 bits per heavy atom. The first-order valence-corrected chi connectivity index (χ1v) is 6.50. The molecular formula is C12H18N4O4. The zero-order valence-corrected chi connectivity index (χ0v) is 11.0. The number of carbonyl (C=O) groups excluding carboxylic acids is 1. The summed E-state index contributed by atoms with van der Waals surface area (Å²) in [6, 6.07) is 0.423. The monoisotopic (exact) mass is 282 g/mol. The van der Waals surface area contributed by atoms with Crippen LogP contribution in [-0.4, -0.2) is 62.1 Å². The highest BCUT2D eigenvalue weighted by Crippen LogP contribution is 2.17. The lowest BCUT2D eigenvalue weighted by molar-refractivity contribution is -0.141. The van der Waals surface area contributed by atoms with Crippen molar-refractivity contribution in [1.82, 2.24) is 20.0 Å². The van der Waals surface area contributed by atoms with Gasteiger partial charge in [-0.05, 0) is 12.5 Å². The zero-order chi connectivity index (χ0) is 14.5. The van der Waals surface area contributed by atoms with E-state index in [0.29, 0.717) is 19.5 Å². The van der Waals surface area contributed by atoms with Gasteiger partial charge in [0.05, 0.1) is 6.10 Å². The second-order valence-corrected chi connectivity index (χ2v) is 4.75. The Bertz CT molecular complexity index is 462. The van der Waals surface area contributed by atoms with Crippen molar-refractivity contribution >= 4 is 12.0 Å². The summed E-state index contributed by atoms with van der Waals surface area (Å²) < 4.78 is 1.76. The molecular weight excluding hydrogens is 264 g/mol. The maximum atomic E-state index is 11.9. The molecule has 3 N–H and O–H groups in total. The van der Waals surface area contributed by atoms with E-state index in [9.17, 15) is 14.7 Å². The fraction of sp³-hybridized carbons (Fsp3) is 0.583. The van der Waals surface area contributed by atoms with Crippen LogP contribution in [0.15, 0.2) is 18.5 Å². The van der Waals surface area contributed by atoms with Gasteiger partial charge in [0, 0.05) is 38.4 Å². The van der Waals surface area contributed by atoms with Crippen LogP contribution in [0.1, 0.15) is 12.8 Å². The third-order valence-electron chi connectivity index (χ3n) is 3.22. The van der Waals surface area contributed by atoms with Crippen LogP contribution >= 0.6 is 0 Å². The van der Waals surface area contributed by atoms with Crippen molar-refractivity contribution in [3.63, 3.8) is 0 Å². The van der Waals surface area contributed by atoms with Crippen LogP contribution in [-0.2, 0) is 11.3 Å². The smallest absolute Gasteiger partial charge is 0.326 e. The third kappa shape index (κ3) is 3.47. The van der Waals surface area contributed by atoms with Crippen LogP contribution in [0.2, 0.25) is 0 Å². The summed E-state index contributed by atoms with van der Waals surface area (Å²) in [7, 11) is 0. The molecule has 1 aromatic heterocycles. The number of carboxylic acids is 1. The Labute approximate surface area is 116 Å². The van der Waals surface area contributed by atoms with Gasteiger partial charge in [-0.25, -0.2) is 9.59 Å². The van der Waals surface area contributed by atoms with E-state index in [0.717, 1.165) is 0 Å². The summed E-state index contributed by atoms with van der Waals surface area (Å²) in [6.45, 7) is 1.16. The van der Waals surface area contributed by atoms with Crippen molar-refractivity contribution in [2.24, 2.45) is 0 Å². The number of likely N-dealkylation sites (tertiary alicyclic amines) is 1. The highest BCUT2D eigenvalue weighted by atomic mass is 16.4. The normalized spacial score (nSPS) is 21.9. The van der Waals surface area contributed by atoms with Crippen LogP contribution in [0.4, 0.5) is 4.79 Å². The second kappa shape index (κ2) is 6.38. The standard InChI is InChI=1S/C12H18N4O4/c17-9-7-10(11(18)19)16(8-9)12(20)13-3-1-5-15-6-2-4-14-15/h2,4,6,9-10,17H,1,3,5,7-8H2,(H,13,20)(H,18,19)/t9?,10-/m0/s1. The number of rotatable bonds is 5. The van der Waals surface area contributed by atoms with Crippen LogP contribution < -0.4 is 5.32 Å². The SMILES string of the molecule is O=C(O)[C@@H]1CC(O)CN1C(=O)NCCCn1cccn1. The number of aliphatic carboxylic acids is 1. The van der Waals surface area contributed by atoms with Gasteiger partial charge in [-0.2, -0.15) is 5.10 Å². The lowest BCUT2D eigenvalue weighted by Crippen LogP contribution is -2.46. The van der Waals surface area contributed by atoms with Crippen molar-refractivity contribution in [3.05, 3.63) is 18.5 Å². The Balaban J connectivity index is 1.75. The number of urea groups is 1. The predicted octanol–water partition coefficient (Wildman–Crippen LogP) is -0.497. The first-order chi connectivity index (χ1) is 9.58. The minimum absolute atomic E-state index is 0.0575. The van der Waals surface area contributed by atoms with Gasteiger partial charge >= 0.3 is 12.0 Å². The molecule has 2 atom stereocenters. The van der Waals surface area contributed by atoms with Crippen LogP contribution in [0.25, 0.3) is 0 Å². The van der Waals surface area contributed by atoms with E-state index in [-0.39, 0.29) is 13.0 Å². The molecule has 0 aromatic carbocycles. The maximum Gasteiger partial charge on any atom is 0.326 e. The highest BCUT2D eigenvalue weighted by Gasteiger charge is 2.38. The van der Waals surface area contributed by atoms with Gasteiger partial charge in [-0.3, -0.25) is 4.68 Å². The van der Waals surface area contributed by atoms with Crippen molar-refractivity contribution in [2.45, 2.75) is 31.5 Å². The first-order valence-electron chi connectivity index (χ1n) is 6.50. The highest BCUT2D eigenvalue weighted by molar-refractivity contribution is 5.83. The van der Waals surface area contributed by atoms with E-state index in [2.05, 4.69) is 10.4 Å². The average molecular weight is 282 g/mol. The summed E-state index contributed by atoms with van der Waals surface area (Å²) in [5.74, 6) is -1.09. The van der Waals surface area contributed by atoms with Crippen molar-refractivity contribution in [2.75, 3.05) is 13.1 Å². The number of carbonyl (C=O) groups is 2. The van der Waals surface area contributed by atoms with Crippen molar-refractivity contribution in [1.29, 1.82) is 0 Å². The molecule has 2 amide bonds. The third-order valence-corrected chi connectivity index (χ3v) is 3.22. The molecule has 0 radical (unpaired) electrons. The molecule has 1 saturated heterocycles. The van der Waals surface area contributed by atoms with Gasteiger partial charge in [0.25, 0.3) is 0 Å². The molecule has 110 valence electrons. The number of hydrogen-bond acceptors (Lipinski definition) is 4. The van der Waals surface area contributed by atoms with Crippen LogP contribution in [0.3, 0.4) is 0 Å². The minimum atomic E-state index is -1.09. The molecule has 0 saturated carbocycles. The molecule has 2 rings (SSSR count). The molecule has 0 aliphatic carbocycles. The zero-order valence-electron chi connectivity index (χ0n) is 11.0. The summed E-state index contributed by atoms with van der Waals surface area (Å²) in [5.41, 5.74) is 0. The van der Waals surface area contributed by atoms with Gasteiger partial charge in [-0.1, -0.05) is 0 Å². The van der Waals surface area contributed by atoms with Gasteiger partial charge in [0.1, 0.15) is 6.04 Å². The molecule has 0 bridgehead atoms. The van der Waals surface area contributed by atoms with Gasteiger partial charge in [-0.15, -0.1) is 0 Å². The van der Waals surface area contributed by atoms with Gasteiger partial charge < -0.3 is 20.4 Å². The maximum absolute atomic E-state index is 11.9. The fourth-order valence-electron chi connectivity index (χ4n) is 2.24. The summed E-state index contributed by atoms with van der Waals surface area (Å²) >= 11 is 0. The predicted molar refractivity (Wildman–Crippen MR) is 69.0 cm³/mol. The number of aliphatic hydroxyl groups excluding tert-OH is 1. The van der Waals surface area contributed by atoms with Crippen LogP contribution in [0.5, 0.6) is 0 Å². The molecule has 1 aromatic rings. The average Bonchev–Trinajstić information content (AvgIpc) is 3.03. The van der Waals surface area contributed by atoms with E-state index in [1.54, 1.807) is 10.9 Å². The lowest BCUT2D eigenvalue weighted by atomic mass is 10.2. The molecule has 1 aliphatic heterocycles. The number of β-amino-alcohol motifs (C(OH)–C–C–N with tert-alkyl or cyclic N) is 1. The quantitative estimate of drug-likeness (QED) is 0.631. The molecule has 8 nitrogen and oxygen atoms in total. The number of hydrogen-bond donors (Lipinski definition) is 3. The molecule has 1 aliphatic rings. The number of aryl methyl sites for hydroxylation is 1. The molecule has 20 heavy (non-hydrogen) atoms. The Morgan fingerprint density at radius 2 is 2.25 bits per heavy atom. The Morgan fingerprint density at radius 1 is 1.45 bits per heavy atom. The molecule has 2 heterocycles. The molecule has 8 heteroatoms. The molecule has 1 fully saturated rings. The van der Waals surface area contributed by atoms with E-state index in [1.165, 1.54) is 4.90 Å². The van der Waals surface area contributed by atoms with Gasteiger partial charge in [0.15, 0.2) is 0 Å². The number of nitrogens with zero attached hydrogens (tertiary/aromatic N) is 3. The van der Waals surface area contributed by atoms with E-state index >= 15 is 0 Å². The number of nitrogens with one attached hydrogen (secondary N) is 1. The van der Waals surface area contributed by atoms with E-state index in [4.69, 9.17) is 5.11 Å². The minimum Gasteiger partial charge on any atom is -0.480 e. The number of aromatic nitrogens is 2. The van der Waals surface area contributed by atoms with Crippen molar-refractivity contribution < 1.29 is 19.8 Å². The Hall–Kier alpha value is -2.09. The summed E-state index contributed by atoms with van der Waals surface area (Å²) in [5, 5.41) is 25.2. The van der Waals surface area contributed by atoms with Gasteiger partial charge in [0.2, 0.25) is 0 Å². The summed E-state index contributed by atoms with van der Waals surface area (Å²) in [6.07, 6.45) is 3.52. The number of carboxylic acid groups (broad SMARTS) is 1. The van der Waals surface area contributed by atoms with Crippen LogP contribution in [0, 0.1) is 0 Å². The van der Waals surface area contributed by atoms with E-state index < -0.39 is 24.1 Å². The lowest BCUT2D eigenvalue weighted by Gasteiger charge is -2.21. The molecule has 0 spiro atoms. The second-order valence-electron chi connectivity index (χ2n) is 4.75. The fourth-order valence-corrected chi connectivity index (χ4v) is 2.24. The van der Waals surface area contributed by atoms with Crippen molar-refractivity contribution in [3.8, 4) is 0 Å². The van der Waals surface area contributed by atoms with E-state index in [1.807, 2.05) is 12.3 Å². The number of aliphatic hydroxyl groups is 1.